The van der Waals surface area contributed by atoms with Gasteiger partial charge in [-0.1, -0.05) is 49.9 Å². The second-order valence-electron chi connectivity index (χ2n) is 7.98. The van der Waals surface area contributed by atoms with Crippen LogP contribution in [0.4, 0.5) is 0 Å². The first kappa shape index (κ1) is 25.8. The summed E-state index contributed by atoms with van der Waals surface area (Å²) in [4.78, 5) is 37.5. The summed E-state index contributed by atoms with van der Waals surface area (Å²) in [7, 11) is 0. The van der Waals surface area contributed by atoms with Crippen molar-refractivity contribution in [3.63, 3.8) is 0 Å². The normalized spacial score (nSPS) is 21.8. The maximum atomic E-state index is 12.6. The van der Waals surface area contributed by atoms with Crippen molar-refractivity contribution < 1.29 is 19.1 Å². The molecule has 2 rings (SSSR count). The van der Waals surface area contributed by atoms with Crippen molar-refractivity contribution in [3.05, 3.63) is 33.8 Å². The van der Waals surface area contributed by atoms with Crippen LogP contribution in [0.5, 0.6) is 0 Å². The van der Waals surface area contributed by atoms with E-state index in [1.165, 1.54) is 12.1 Å². The van der Waals surface area contributed by atoms with Crippen LogP contribution in [0.15, 0.2) is 18.2 Å². The zero-order chi connectivity index (χ0) is 23.0. The fraction of sp³-hybridized carbons (Fsp3) is 0.591. The largest absolute Gasteiger partial charge is 0.454 e. The molecule has 0 heterocycles. The molecule has 1 aromatic rings. The molecule has 0 spiro atoms. The number of nitrogens with one attached hydrogen (secondary N) is 2. The van der Waals surface area contributed by atoms with Gasteiger partial charge in [-0.2, -0.15) is 11.8 Å². The number of thioether (sulfide) groups is 1. The molecule has 4 atom stereocenters. The molecule has 0 radical (unpaired) electrons. The predicted molar refractivity (Wildman–Crippen MR) is 126 cm³/mol. The number of rotatable bonds is 9. The standard InChI is InChI=1S/C22H30Cl2N2O4S/c1-13-5-4-6-18(14(13)2)25-20(27)12-30-22(29)19(9-10-31-3)26-21(28)16-8-7-15(23)11-17(16)24/h7-8,11,13-14,18-19H,4-6,9-10,12H2,1-3H3,(H,25,27)(H,26,28)/t13-,14-,18-,19-/m1/s1. The lowest BCUT2D eigenvalue weighted by atomic mass is 9.78. The average Bonchev–Trinajstić information content (AvgIpc) is 2.72. The summed E-state index contributed by atoms with van der Waals surface area (Å²) >= 11 is 13.5. The number of carbonyl (C=O) groups is 3. The number of hydrogen-bond donors (Lipinski definition) is 2. The molecule has 0 saturated heterocycles. The number of benzene rings is 1. The lowest BCUT2D eigenvalue weighted by Gasteiger charge is -2.34. The van der Waals surface area contributed by atoms with Crippen molar-refractivity contribution in [3.8, 4) is 0 Å². The molecule has 1 fully saturated rings. The van der Waals surface area contributed by atoms with Gasteiger partial charge in [0, 0.05) is 11.1 Å². The highest BCUT2D eigenvalue weighted by Gasteiger charge is 2.29. The Bertz CT molecular complexity index is 793. The summed E-state index contributed by atoms with van der Waals surface area (Å²) < 4.78 is 5.22. The molecule has 0 unspecified atom stereocenters. The Hall–Kier alpha value is -1.44. The van der Waals surface area contributed by atoms with Crippen LogP contribution in [0.3, 0.4) is 0 Å². The topological polar surface area (TPSA) is 84.5 Å². The number of hydrogen-bond acceptors (Lipinski definition) is 5. The van der Waals surface area contributed by atoms with Crippen LogP contribution in [0.2, 0.25) is 10.0 Å². The quantitative estimate of drug-likeness (QED) is 0.505. The maximum absolute atomic E-state index is 12.6. The van der Waals surface area contributed by atoms with E-state index in [1.807, 2.05) is 6.26 Å². The molecule has 0 aliphatic heterocycles. The molecular weight excluding hydrogens is 459 g/mol. The fourth-order valence-corrected chi connectivity index (χ4v) is 4.63. The van der Waals surface area contributed by atoms with E-state index in [1.54, 1.807) is 17.8 Å². The van der Waals surface area contributed by atoms with Crippen LogP contribution < -0.4 is 10.6 Å². The van der Waals surface area contributed by atoms with Crippen LogP contribution in [-0.2, 0) is 14.3 Å². The smallest absolute Gasteiger partial charge is 0.329 e. The molecular formula is C22H30Cl2N2O4S. The van der Waals surface area contributed by atoms with Crippen molar-refractivity contribution in [2.24, 2.45) is 11.8 Å². The van der Waals surface area contributed by atoms with Gasteiger partial charge < -0.3 is 15.4 Å². The van der Waals surface area contributed by atoms with Gasteiger partial charge in [0.1, 0.15) is 6.04 Å². The molecule has 1 aliphatic carbocycles. The average molecular weight is 489 g/mol. The van der Waals surface area contributed by atoms with Gasteiger partial charge in [-0.3, -0.25) is 9.59 Å². The van der Waals surface area contributed by atoms with Crippen molar-refractivity contribution in [1.29, 1.82) is 0 Å². The molecule has 0 aromatic heterocycles. The molecule has 172 valence electrons. The van der Waals surface area contributed by atoms with E-state index in [2.05, 4.69) is 24.5 Å². The lowest BCUT2D eigenvalue weighted by molar-refractivity contribution is -0.150. The van der Waals surface area contributed by atoms with Gasteiger partial charge in [-0.25, -0.2) is 4.79 Å². The summed E-state index contributed by atoms with van der Waals surface area (Å²) in [5.74, 6) is 0.0957. The third-order valence-electron chi connectivity index (χ3n) is 5.77. The first-order valence-corrected chi connectivity index (χ1v) is 12.6. The van der Waals surface area contributed by atoms with Crippen LogP contribution in [-0.4, -0.2) is 48.5 Å². The van der Waals surface area contributed by atoms with Crippen LogP contribution >= 0.6 is 35.0 Å². The van der Waals surface area contributed by atoms with Crippen LogP contribution in [0.1, 0.15) is 49.9 Å². The highest BCUT2D eigenvalue weighted by atomic mass is 35.5. The Morgan fingerprint density at radius 3 is 2.65 bits per heavy atom. The van der Waals surface area contributed by atoms with Gasteiger partial charge in [0.2, 0.25) is 0 Å². The molecule has 9 heteroatoms. The summed E-state index contributed by atoms with van der Waals surface area (Å²) in [6.45, 7) is 3.95. The van der Waals surface area contributed by atoms with Gasteiger partial charge in [0.15, 0.2) is 6.61 Å². The highest BCUT2D eigenvalue weighted by Crippen LogP contribution is 2.29. The van der Waals surface area contributed by atoms with Crippen LogP contribution in [0.25, 0.3) is 0 Å². The second kappa shape index (κ2) is 12.6. The minimum Gasteiger partial charge on any atom is -0.454 e. The number of amides is 2. The van der Waals surface area contributed by atoms with E-state index < -0.39 is 17.9 Å². The number of halogens is 2. The molecule has 0 bridgehead atoms. The fourth-order valence-electron chi connectivity index (χ4n) is 3.67. The maximum Gasteiger partial charge on any atom is 0.329 e. The SMILES string of the molecule is CSCC[C@@H](NC(=O)c1ccc(Cl)cc1Cl)C(=O)OCC(=O)N[C@@H]1CCC[C@@H](C)[C@H]1C. The third-order valence-corrected chi connectivity index (χ3v) is 6.97. The van der Waals surface area contributed by atoms with Crippen molar-refractivity contribution in [1.82, 2.24) is 10.6 Å². The Labute approximate surface area is 198 Å². The Kier molecular flexibility index (Phi) is 10.5. The van der Waals surface area contributed by atoms with E-state index in [0.29, 0.717) is 29.0 Å². The van der Waals surface area contributed by atoms with E-state index in [9.17, 15) is 14.4 Å². The van der Waals surface area contributed by atoms with Gasteiger partial charge in [-0.15, -0.1) is 0 Å². The summed E-state index contributed by atoms with van der Waals surface area (Å²) in [5, 5.41) is 6.24. The molecule has 1 aliphatic rings. The first-order valence-electron chi connectivity index (χ1n) is 10.4. The predicted octanol–water partition coefficient (Wildman–Crippen LogP) is 4.33. The van der Waals surface area contributed by atoms with Crippen molar-refractivity contribution in [2.75, 3.05) is 18.6 Å². The number of carbonyl (C=O) groups excluding carboxylic acids is 3. The van der Waals surface area contributed by atoms with Gasteiger partial charge in [0.25, 0.3) is 11.8 Å². The monoisotopic (exact) mass is 488 g/mol. The molecule has 6 nitrogen and oxygen atoms in total. The Morgan fingerprint density at radius 1 is 1.23 bits per heavy atom. The van der Waals surface area contributed by atoms with Gasteiger partial charge in [-0.05, 0) is 54.9 Å². The first-order chi connectivity index (χ1) is 14.7. The van der Waals surface area contributed by atoms with Crippen molar-refractivity contribution in [2.45, 2.75) is 51.6 Å². The molecule has 2 N–H and O–H groups in total. The van der Waals surface area contributed by atoms with Gasteiger partial charge >= 0.3 is 5.97 Å². The highest BCUT2D eigenvalue weighted by molar-refractivity contribution is 7.98. The number of ether oxygens (including phenoxy) is 1. The van der Waals surface area contributed by atoms with E-state index in [0.717, 1.165) is 19.3 Å². The van der Waals surface area contributed by atoms with Crippen molar-refractivity contribution >= 4 is 52.7 Å². The zero-order valence-electron chi connectivity index (χ0n) is 18.1. The minimum absolute atomic E-state index is 0.0917. The van der Waals surface area contributed by atoms with E-state index in [4.69, 9.17) is 27.9 Å². The third kappa shape index (κ3) is 7.88. The Balaban J connectivity index is 1.92. The summed E-state index contributed by atoms with van der Waals surface area (Å²) in [6, 6.07) is 3.72. The van der Waals surface area contributed by atoms with E-state index >= 15 is 0 Å². The molecule has 31 heavy (non-hydrogen) atoms. The lowest BCUT2D eigenvalue weighted by Crippen LogP contribution is -2.46. The summed E-state index contributed by atoms with van der Waals surface area (Å²) in [6.07, 6.45) is 5.44. The Morgan fingerprint density at radius 2 is 1.97 bits per heavy atom. The zero-order valence-corrected chi connectivity index (χ0v) is 20.4. The molecule has 1 saturated carbocycles. The molecule has 1 aromatic carbocycles. The van der Waals surface area contributed by atoms with Crippen LogP contribution in [0, 0.1) is 11.8 Å². The second-order valence-corrected chi connectivity index (χ2v) is 9.81. The summed E-state index contributed by atoms with van der Waals surface area (Å²) in [5.41, 5.74) is 0.214. The molecule has 2 amide bonds. The number of esters is 1. The van der Waals surface area contributed by atoms with Gasteiger partial charge in [0.05, 0.1) is 10.6 Å². The van der Waals surface area contributed by atoms with E-state index in [-0.39, 0.29) is 29.1 Å². The minimum atomic E-state index is -0.881.